The largest absolute Gasteiger partial charge is 0.493 e. The highest BCUT2D eigenvalue weighted by atomic mass is 35.5. The second-order valence-corrected chi connectivity index (χ2v) is 10.2. The third-order valence-electron chi connectivity index (χ3n) is 4.15. The van der Waals surface area contributed by atoms with E-state index in [0.29, 0.717) is 12.3 Å². The molecule has 10 heteroatoms. The monoisotopic (exact) mass is 412 g/mol. The first-order chi connectivity index (χ1) is 11.3. The van der Waals surface area contributed by atoms with Crippen molar-refractivity contribution in [1.82, 2.24) is 9.62 Å². The average Bonchev–Trinajstić information content (AvgIpc) is 3.09. The zero-order valence-electron chi connectivity index (χ0n) is 14.3. The van der Waals surface area contributed by atoms with Crippen LogP contribution in [-0.4, -0.2) is 65.4 Å². The number of hydrogen-bond donors (Lipinski definition) is 1. The molecule has 1 heterocycles. The van der Waals surface area contributed by atoms with E-state index in [1.165, 1.54) is 16.4 Å². The predicted molar refractivity (Wildman–Crippen MR) is 99.7 cm³/mol. The van der Waals surface area contributed by atoms with Gasteiger partial charge >= 0.3 is 0 Å². The van der Waals surface area contributed by atoms with Gasteiger partial charge in [-0.1, -0.05) is 6.92 Å². The van der Waals surface area contributed by atoms with Gasteiger partial charge in [-0.3, -0.25) is 0 Å². The molecule has 1 aromatic rings. The van der Waals surface area contributed by atoms with Gasteiger partial charge in [0, 0.05) is 25.4 Å². The Labute approximate surface area is 156 Å². The molecule has 25 heavy (non-hydrogen) atoms. The van der Waals surface area contributed by atoms with Crippen molar-refractivity contribution in [3.63, 3.8) is 0 Å². The van der Waals surface area contributed by atoms with Gasteiger partial charge in [0.1, 0.15) is 12.4 Å². The topological polar surface area (TPSA) is 92.8 Å². The van der Waals surface area contributed by atoms with Crippen LogP contribution in [0.25, 0.3) is 0 Å². The molecule has 0 aromatic heterocycles. The van der Waals surface area contributed by atoms with Crippen LogP contribution in [0.15, 0.2) is 29.2 Å². The van der Waals surface area contributed by atoms with Crippen LogP contribution in [0.2, 0.25) is 0 Å². The number of sulfonamides is 1. The molecule has 1 aliphatic heterocycles. The van der Waals surface area contributed by atoms with Gasteiger partial charge in [-0.15, -0.1) is 12.4 Å². The highest BCUT2D eigenvalue weighted by Gasteiger charge is 2.29. The van der Waals surface area contributed by atoms with E-state index in [1.54, 1.807) is 26.1 Å². The lowest BCUT2D eigenvalue weighted by Crippen LogP contribution is -2.38. The molecule has 1 aliphatic rings. The van der Waals surface area contributed by atoms with Crippen molar-refractivity contribution >= 4 is 32.3 Å². The standard InChI is InChI=1S/C15H24N2O5S2.ClH/c1-3-23(18,19)11-10-22-14-4-6-15(7-5-14)24(20,21)17(2)13-8-9-16-12-13;/h4-7,13,16H,3,8-12H2,1-2H3;1H. The minimum atomic E-state index is -3.54. The van der Waals surface area contributed by atoms with Crippen LogP contribution in [0.4, 0.5) is 0 Å². The van der Waals surface area contributed by atoms with Gasteiger partial charge in [-0.2, -0.15) is 4.31 Å². The summed E-state index contributed by atoms with van der Waals surface area (Å²) in [5.41, 5.74) is 0. The number of hydrogen-bond acceptors (Lipinski definition) is 6. The fourth-order valence-corrected chi connectivity index (χ4v) is 4.46. The molecule has 1 atom stereocenters. The van der Waals surface area contributed by atoms with Crippen LogP contribution in [-0.2, 0) is 19.9 Å². The molecule has 1 aromatic carbocycles. The first-order valence-electron chi connectivity index (χ1n) is 7.88. The first kappa shape index (κ1) is 22.2. The summed E-state index contributed by atoms with van der Waals surface area (Å²) >= 11 is 0. The maximum absolute atomic E-state index is 12.6. The zero-order chi connectivity index (χ0) is 17.8. The maximum Gasteiger partial charge on any atom is 0.243 e. The summed E-state index contributed by atoms with van der Waals surface area (Å²) in [6, 6.07) is 6.03. The Hall–Kier alpha value is -0.870. The number of ether oxygens (including phenoxy) is 1. The fourth-order valence-electron chi connectivity index (χ4n) is 2.45. The van der Waals surface area contributed by atoms with Crippen molar-refractivity contribution < 1.29 is 21.6 Å². The number of halogens is 1. The fraction of sp³-hybridized carbons (Fsp3) is 0.600. The summed E-state index contributed by atoms with van der Waals surface area (Å²) in [4.78, 5) is 0.199. The lowest BCUT2D eigenvalue weighted by molar-refractivity contribution is 0.340. The van der Waals surface area contributed by atoms with Crippen LogP contribution in [0, 0.1) is 0 Å². The molecule has 7 nitrogen and oxygen atoms in total. The Morgan fingerprint density at radius 3 is 2.36 bits per heavy atom. The van der Waals surface area contributed by atoms with E-state index >= 15 is 0 Å². The Morgan fingerprint density at radius 1 is 1.20 bits per heavy atom. The molecule has 0 aliphatic carbocycles. The Kier molecular flexibility index (Phi) is 8.14. The van der Waals surface area contributed by atoms with Crippen LogP contribution >= 0.6 is 12.4 Å². The SMILES string of the molecule is CCS(=O)(=O)CCOc1ccc(S(=O)(=O)N(C)C2CCNC2)cc1.Cl. The normalized spacial score (nSPS) is 18.1. The van der Waals surface area contributed by atoms with Gasteiger partial charge in [0.2, 0.25) is 10.0 Å². The van der Waals surface area contributed by atoms with Crippen LogP contribution in [0.5, 0.6) is 5.75 Å². The number of likely N-dealkylation sites (N-methyl/N-ethyl adjacent to an activating group) is 1. The summed E-state index contributed by atoms with van der Waals surface area (Å²) in [6.07, 6.45) is 0.794. The summed E-state index contributed by atoms with van der Waals surface area (Å²) in [7, 11) is -5.03. The molecule has 144 valence electrons. The summed E-state index contributed by atoms with van der Waals surface area (Å²) < 4.78 is 54.8. The summed E-state index contributed by atoms with van der Waals surface area (Å²) in [5, 5.41) is 3.15. The maximum atomic E-state index is 12.6. The molecule has 0 bridgehead atoms. The Balaban J connectivity index is 0.00000312. The average molecular weight is 413 g/mol. The van der Waals surface area contributed by atoms with Crippen LogP contribution in [0.3, 0.4) is 0 Å². The lowest BCUT2D eigenvalue weighted by atomic mass is 10.3. The second kappa shape index (κ2) is 9.18. The number of nitrogens with one attached hydrogen (secondary N) is 1. The van der Waals surface area contributed by atoms with Gasteiger partial charge in [-0.05, 0) is 37.2 Å². The van der Waals surface area contributed by atoms with E-state index < -0.39 is 19.9 Å². The van der Waals surface area contributed by atoms with Gasteiger partial charge in [0.15, 0.2) is 9.84 Å². The molecule has 0 radical (unpaired) electrons. The van der Waals surface area contributed by atoms with Crippen molar-refractivity contribution in [2.75, 3.05) is 38.2 Å². The van der Waals surface area contributed by atoms with E-state index in [-0.39, 0.29) is 41.5 Å². The molecular weight excluding hydrogens is 388 g/mol. The molecule has 0 saturated carbocycles. The van der Waals surface area contributed by atoms with E-state index in [0.717, 1.165) is 13.0 Å². The molecular formula is C15H25ClN2O5S2. The van der Waals surface area contributed by atoms with Gasteiger partial charge < -0.3 is 10.1 Å². The van der Waals surface area contributed by atoms with E-state index in [1.807, 2.05) is 0 Å². The quantitative estimate of drug-likeness (QED) is 0.682. The van der Waals surface area contributed by atoms with Crippen molar-refractivity contribution in [3.8, 4) is 5.75 Å². The second-order valence-electron chi connectivity index (χ2n) is 5.72. The molecule has 0 amide bonds. The number of sulfone groups is 1. The predicted octanol–water partition coefficient (Wildman–Crippen LogP) is 0.904. The van der Waals surface area contributed by atoms with Crippen LogP contribution in [0.1, 0.15) is 13.3 Å². The van der Waals surface area contributed by atoms with Gasteiger partial charge in [-0.25, -0.2) is 16.8 Å². The third-order valence-corrected chi connectivity index (χ3v) is 7.74. The molecule has 1 unspecified atom stereocenters. The van der Waals surface area contributed by atoms with Crippen LogP contribution < -0.4 is 10.1 Å². The molecule has 1 saturated heterocycles. The van der Waals surface area contributed by atoms with Crippen molar-refractivity contribution in [3.05, 3.63) is 24.3 Å². The number of benzene rings is 1. The number of nitrogens with zero attached hydrogens (tertiary/aromatic N) is 1. The highest BCUT2D eigenvalue weighted by molar-refractivity contribution is 7.91. The Bertz CT molecular complexity index is 745. The van der Waals surface area contributed by atoms with E-state index in [9.17, 15) is 16.8 Å². The minimum absolute atomic E-state index is 0. The molecule has 0 spiro atoms. The summed E-state index contributed by atoms with van der Waals surface area (Å²) in [5.74, 6) is 0.474. The zero-order valence-corrected chi connectivity index (χ0v) is 16.8. The van der Waals surface area contributed by atoms with Crippen molar-refractivity contribution in [2.24, 2.45) is 0 Å². The van der Waals surface area contributed by atoms with Gasteiger partial charge in [0.25, 0.3) is 0 Å². The smallest absolute Gasteiger partial charge is 0.243 e. The number of rotatable bonds is 8. The van der Waals surface area contributed by atoms with Gasteiger partial charge in [0.05, 0.1) is 10.6 Å². The Morgan fingerprint density at radius 2 is 1.84 bits per heavy atom. The summed E-state index contributed by atoms with van der Waals surface area (Å²) in [6.45, 7) is 3.11. The highest BCUT2D eigenvalue weighted by Crippen LogP contribution is 2.22. The third kappa shape index (κ3) is 5.82. The van der Waals surface area contributed by atoms with Crippen molar-refractivity contribution in [1.29, 1.82) is 0 Å². The first-order valence-corrected chi connectivity index (χ1v) is 11.1. The molecule has 1 fully saturated rings. The van der Waals surface area contributed by atoms with E-state index in [2.05, 4.69) is 5.32 Å². The lowest BCUT2D eigenvalue weighted by Gasteiger charge is -2.23. The minimum Gasteiger partial charge on any atom is -0.493 e. The van der Waals surface area contributed by atoms with E-state index in [4.69, 9.17) is 4.74 Å². The molecule has 1 N–H and O–H groups in total. The molecule has 2 rings (SSSR count). The van der Waals surface area contributed by atoms with Crippen molar-refractivity contribution in [2.45, 2.75) is 24.3 Å².